The standard InChI is InChI=1S/C45H35N2/c1-28-17-20-31(21-18-28)42-27-47(4)44(33-23-19-29(2)25-30(33)3)43(46-42)32-22-24-37-36-13-7-10-16-40(36)45(41(37)26-32)38-14-8-5-11-34(38)35-12-6-9-15-39(35)45/h5-27H,1-4H3/q+1. The molecule has 0 amide bonds. The van der Waals surface area contributed by atoms with Gasteiger partial charge in [-0.05, 0) is 83.0 Å². The Kier molecular flexibility index (Phi) is 6.01. The van der Waals surface area contributed by atoms with Crippen molar-refractivity contribution in [2.24, 2.45) is 7.05 Å². The van der Waals surface area contributed by atoms with E-state index >= 15 is 0 Å². The molecule has 0 fully saturated rings. The minimum absolute atomic E-state index is 0.397. The summed E-state index contributed by atoms with van der Waals surface area (Å²) >= 11 is 0. The fourth-order valence-corrected chi connectivity index (χ4v) is 8.32. The highest BCUT2D eigenvalue weighted by Crippen LogP contribution is 2.63. The molecular weight excluding hydrogens is 569 g/mol. The van der Waals surface area contributed by atoms with Crippen LogP contribution in [0.2, 0.25) is 0 Å². The number of fused-ring (bicyclic) bond motifs is 10. The first kappa shape index (κ1) is 27.7. The van der Waals surface area contributed by atoms with Crippen LogP contribution < -0.4 is 4.57 Å². The zero-order valence-corrected chi connectivity index (χ0v) is 27.2. The highest BCUT2D eigenvalue weighted by molar-refractivity contribution is 5.96. The lowest BCUT2D eigenvalue weighted by Crippen LogP contribution is -2.33. The Morgan fingerprint density at radius 3 is 1.60 bits per heavy atom. The number of rotatable bonds is 3. The van der Waals surface area contributed by atoms with E-state index in [1.165, 1.54) is 66.8 Å². The third-order valence-corrected chi connectivity index (χ3v) is 10.4. The number of benzene rings is 6. The van der Waals surface area contributed by atoms with Crippen LogP contribution in [0.1, 0.15) is 38.9 Å². The van der Waals surface area contributed by atoms with Crippen LogP contribution in [0, 0.1) is 20.8 Å². The van der Waals surface area contributed by atoms with E-state index in [-0.39, 0.29) is 0 Å². The highest BCUT2D eigenvalue weighted by atomic mass is 15.0. The van der Waals surface area contributed by atoms with Crippen LogP contribution in [-0.4, -0.2) is 4.98 Å². The molecule has 0 saturated heterocycles. The Balaban J connectivity index is 1.36. The fraction of sp³-hybridized carbons (Fsp3) is 0.111. The molecule has 2 aliphatic rings. The molecule has 6 aromatic carbocycles. The topological polar surface area (TPSA) is 16.8 Å². The third kappa shape index (κ3) is 3.91. The van der Waals surface area contributed by atoms with Crippen LogP contribution in [0.3, 0.4) is 0 Å². The second-order valence-corrected chi connectivity index (χ2v) is 13.3. The molecule has 2 heteroatoms. The molecule has 0 atom stereocenters. The van der Waals surface area contributed by atoms with Gasteiger partial charge in [0, 0.05) is 11.1 Å². The van der Waals surface area contributed by atoms with Crippen molar-refractivity contribution in [2.45, 2.75) is 26.2 Å². The van der Waals surface area contributed by atoms with Gasteiger partial charge >= 0.3 is 0 Å². The van der Waals surface area contributed by atoms with Gasteiger partial charge in [0.15, 0.2) is 6.20 Å². The molecule has 1 heterocycles. The summed E-state index contributed by atoms with van der Waals surface area (Å²) in [6.07, 6.45) is 2.18. The lowest BCUT2D eigenvalue weighted by molar-refractivity contribution is -0.659. The van der Waals surface area contributed by atoms with Crippen molar-refractivity contribution < 1.29 is 4.57 Å². The predicted molar refractivity (Wildman–Crippen MR) is 192 cm³/mol. The molecule has 0 unspecified atom stereocenters. The minimum Gasteiger partial charge on any atom is -0.234 e. The van der Waals surface area contributed by atoms with Crippen LogP contribution in [0.15, 0.2) is 140 Å². The van der Waals surface area contributed by atoms with Gasteiger partial charge in [-0.2, -0.15) is 4.57 Å². The molecule has 0 saturated carbocycles. The second-order valence-electron chi connectivity index (χ2n) is 13.3. The molecule has 224 valence electrons. The van der Waals surface area contributed by atoms with Crippen LogP contribution >= 0.6 is 0 Å². The van der Waals surface area contributed by atoms with Crippen LogP contribution in [-0.2, 0) is 12.5 Å². The molecular formula is C45H35N2+. The van der Waals surface area contributed by atoms with Crippen molar-refractivity contribution in [3.8, 4) is 56.0 Å². The smallest absolute Gasteiger partial charge is 0.234 e. The first-order valence-electron chi connectivity index (χ1n) is 16.4. The molecule has 2 nitrogen and oxygen atoms in total. The molecule has 1 aromatic heterocycles. The summed E-state index contributed by atoms with van der Waals surface area (Å²) in [5.41, 5.74) is 20.5. The van der Waals surface area contributed by atoms with Gasteiger partial charge < -0.3 is 0 Å². The van der Waals surface area contributed by atoms with E-state index in [4.69, 9.17) is 4.98 Å². The van der Waals surface area contributed by atoms with Gasteiger partial charge in [-0.1, -0.05) is 132 Å². The van der Waals surface area contributed by atoms with Crippen LogP contribution in [0.25, 0.3) is 56.0 Å². The van der Waals surface area contributed by atoms with Crippen molar-refractivity contribution >= 4 is 0 Å². The quantitative estimate of drug-likeness (QED) is 0.184. The van der Waals surface area contributed by atoms with Gasteiger partial charge in [0.1, 0.15) is 18.4 Å². The molecule has 9 rings (SSSR count). The summed E-state index contributed by atoms with van der Waals surface area (Å²) in [6.45, 7) is 6.50. The van der Waals surface area contributed by atoms with Gasteiger partial charge in [-0.15, -0.1) is 0 Å². The van der Waals surface area contributed by atoms with Gasteiger partial charge in [0.2, 0.25) is 5.69 Å². The molecule has 7 aromatic rings. The number of aromatic nitrogens is 2. The van der Waals surface area contributed by atoms with Crippen molar-refractivity contribution in [1.29, 1.82) is 0 Å². The van der Waals surface area contributed by atoms with E-state index in [1.54, 1.807) is 0 Å². The maximum absolute atomic E-state index is 5.50. The summed E-state index contributed by atoms with van der Waals surface area (Å²) in [5.74, 6) is 0. The fourth-order valence-electron chi connectivity index (χ4n) is 8.32. The lowest BCUT2D eigenvalue weighted by atomic mass is 9.70. The average Bonchev–Trinajstić information content (AvgIpc) is 3.56. The maximum atomic E-state index is 5.50. The molecule has 2 aliphatic carbocycles. The Morgan fingerprint density at radius 1 is 0.489 bits per heavy atom. The largest absolute Gasteiger partial charge is 0.239 e. The number of nitrogens with zero attached hydrogens (tertiary/aromatic N) is 2. The first-order valence-corrected chi connectivity index (χ1v) is 16.4. The van der Waals surface area contributed by atoms with E-state index in [1.807, 2.05) is 0 Å². The second kappa shape index (κ2) is 10.2. The Morgan fingerprint density at radius 2 is 1.00 bits per heavy atom. The zero-order chi connectivity index (χ0) is 31.9. The lowest BCUT2D eigenvalue weighted by Gasteiger charge is -2.30. The highest BCUT2D eigenvalue weighted by Gasteiger charge is 2.51. The molecule has 0 bridgehead atoms. The Bertz CT molecular complexity index is 2330. The van der Waals surface area contributed by atoms with E-state index in [0.717, 1.165) is 28.2 Å². The number of hydrogen-bond donors (Lipinski definition) is 0. The van der Waals surface area contributed by atoms with Crippen LogP contribution in [0.5, 0.6) is 0 Å². The normalized spacial score (nSPS) is 13.3. The molecule has 0 aliphatic heterocycles. The molecule has 1 spiro atoms. The SMILES string of the molecule is Cc1ccc(-c2c[n+](C)c(-c3ccc(C)cc3C)c(-c3ccc4c(c3)C3(c5ccccc5-c5ccccc53)c3ccccc3-4)n2)cc1. The Hall–Kier alpha value is -5.60. The monoisotopic (exact) mass is 603 g/mol. The van der Waals surface area contributed by atoms with Gasteiger partial charge in [0.05, 0.1) is 11.0 Å². The third-order valence-electron chi connectivity index (χ3n) is 10.4. The number of hydrogen-bond acceptors (Lipinski definition) is 1. The summed E-state index contributed by atoms with van der Waals surface area (Å²) in [4.78, 5) is 5.50. The minimum atomic E-state index is -0.397. The van der Waals surface area contributed by atoms with Crippen molar-refractivity contribution in [1.82, 2.24) is 4.98 Å². The molecule has 0 radical (unpaired) electrons. The molecule has 0 N–H and O–H groups in total. The zero-order valence-electron chi connectivity index (χ0n) is 27.2. The van der Waals surface area contributed by atoms with E-state index in [9.17, 15) is 0 Å². The first-order chi connectivity index (χ1) is 22.9. The number of aryl methyl sites for hydroxylation is 4. The van der Waals surface area contributed by atoms with Crippen LogP contribution in [0.4, 0.5) is 0 Å². The van der Waals surface area contributed by atoms with Gasteiger partial charge in [-0.3, -0.25) is 0 Å². The van der Waals surface area contributed by atoms with E-state index in [2.05, 4.69) is 172 Å². The van der Waals surface area contributed by atoms with Gasteiger partial charge in [-0.25, -0.2) is 4.98 Å². The van der Waals surface area contributed by atoms with Crippen molar-refractivity contribution in [3.05, 3.63) is 179 Å². The average molecular weight is 604 g/mol. The Labute approximate surface area is 276 Å². The summed E-state index contributed by atoms with van der Waals surface area (Å²) in [5, 5.41) is 0. The van der Waals surface area contributed by atoms with Crippen molar-refractivity contribution in [3.63, 3.8) is 0 Å². The van der Waals surface area contributed by atoms with Crippen molar-refractivity contribution in [2.75, 3.05) is 0 Å². The summed E-state index contributed by atoms with van der Waals surface area (Å²) in [6, 6.07) is 49.5. The molecule has 47 heavy (non-hydrogen) atoms. The van der Waals surface area contributed by atoms with E-state index < -0.39 is 5.41 Å². The predicted octanol–water partition coefficient (Wildman–Crippen LogP) is 10.2. The van der Waals surface area contributed by atoms with E-state index in [0.29, 0.717) is 0 Å². The summed E-state index contributed by atoms with van der Waals surface area (Å²) < 4.78 is 2.27. The summed E-state index contributed by atoms with van der Waals surface area (Å²) in [7, 11) is 2.16. The van der Waals surface area contributed by atoms with Gasteiger partial charge in [0.25, 0.3) is 0 Å². The maximum Gasteiger partial charge on any atom is 0.239 e.